The van der Waals surface area contributed by atoms with E-state index < -0.39 is 18.4 Å². The normalized spacial score (nSPS) is 7.79. The van der Waals surface area contributed by atoms with Gasteiger partial charge in [0.1, 0.15) is 0 Å². The summed E-state index contributed by atoms with van der Waals surface area (Å²) in [5, 5.41) is 16.1. The van der Waals surface area contributed by atoms with Gasteiger partial charge < -0.3 is 10.2 Å². The Labute approximate surface area is 82.9 Å². The van der Waals surface area contributed by atoms with E-state index in [2.05, 4.69) is 19.7 Å². The largest absolute Gasteiger partial charge is 0.481 e. The van der Waals surface area contributed by atoms with E-state index >= 15 is 0 Å². The summed E-state index contributed by atoms with van der Waals surface area (Å²) in [6, 6.07) is 0. The predicted molar refractivity (Wildman–Crippen MR) is 54.0 cm³/mol. The van der Waals surface area contributed by atoms with Crippen LogP contribution in [0.2, 0.25) is 0 Å². The fourth-order valence-electron chi connectivity index (χ4n) is 0.258. The summed E-state index contributed by atoms with van der Waals surface area (Å²) in [7, 11) is 0. The van der Waals surface area contributed by atoms with Crippen LogP contribution < -0.4 is 0 Å². The lowest BCUT2D eigenvalue weighted by atomic mass is 10.2. The Balaban J connectivity index is 0. The number of carbonyl (C=O) groups is 2. The number of carboxylic acid groups (broad SMARTS) is 2. The smallest absolute Gasteiger partial charge is 0.331 e. The zero-order valence-corrected chi connectivity index (χ0v) is 8.12. The molecule has 0 atom stereocenters. The van der Waals surface area contributed by atoms with Crippen molar-refractivity contribution in [2.45, 2.75) is 13.3 Å². The average Bonchev–Trinajstić information content (AvgIpc) is 2.04. The van der Waals surface area contributed by atoms with Crippen molar-refractivity contribution in [3.8, 4) is 0 Å². The van der Waals surface area contributed by atoms with Crippen molar-refractivity contribution >= 4 is 11.9 Å². The lowest BCUT2D eigenvalue weighted by Crippen LogP contribution is -2.04. The molecular weight excluding hydrogens is 184 g/mol. The zero-order valence-electron chi connectivity index (χ0n) is 8.12. The Morgan fingerprint density at radius 3 is 1.71 bits per heavy atom. The molecule has 0 fully saturated rings. The second kappa shape index (κ2) is 7.79. The van der Waals surface area contributed by atoms with Gasteiger partial charge in [0, 0.05) is 5.57 Å². The molecule has 0 aliphatic rings. The van der Waals surface area contributed by atoms with Gasteiger partial charge in [-0.3, -0.25) is 4.79 Å². The topological polar surface area (TPSA) is 74.6 Å². The quantitative estimate of drug-likeness (QED) is 0.534. The second-order valence-corrected chi connectivity index (χ2v) is 2.53. The van der Waals surface area contributed by atoms with Crippen molar-refractivity contribution in [3.63, 3.8) is 0 Å². The first-order valence-electron chi connectivity index (χ1n) is 3.72. The minimum atomic E-state index is -1.27. The first-order valence-corrected chi connectivity index (χ1v) is 3.72. The number of allylic oxidation sites excluding steroid dienone is 2. The van der Waals surface area contributed by atoms with Crippen molar-refractivity contribution in [3.05, 3.63) is 37.0 Å². The van der Waals surface area contributed by atoms with E-state index in [0.717, 1.165) is 5.57 Å². The van der Waals surface area contributed by atoms with Gasteiger partial charge in [-0.05, 0) is 6.92 Å². The lowest BCUT2D eigenvalue weighted by molar-refractivity contribution is -0.139. The van der Waals surface area contributed by atoms with Crippen molar-refractivity contribution in [1.29, 1.82) is 0 Å². The van der Waals surface area contributed by atoms with E-state index in [1.807, 2.05) is 6.92 Å². The fourth-order valence-corrected chi connectivity index (χ4v) is 0.258. The highest BCUT2D eigenvalue weighted by Gasteiger charge is 2.07. The van der Waals surface area contributed by atoms with Crippen LogP contribution >= 0.6 is 0 Å². The maximum absolute atomic E-state index is 9.87. The SMILES string of the molecule is C=C(CC(=O)O)C(=O)O.C=CC(=C)C. The van der Waals surface area contributed by atoms with Gasteiger partial charge in [-0.25, -0.2) is 4.79 Å². The number of hydrogen-bond donors (Lipinski definition) is 2. The number of aliphatic carboxylic acids is 2. The van der Waals surface area contributed by atoms with Crippen molar-refractivity contribution in [2.75, 3.05) is 0 Å². The molecule has 0 saturated heterocycles. The van der Waals surface area contributed by atoms with Crippen molar-refractivity contribution in [1.82, 2.24) is 0 Å². The van der Waals surface area contributed by atoms with Crippen LogP contribution in [0.4, 0.5) is 0 Å². The molecule has 0 spiro atoms. The van der Waals surface area contributed by atoms with Crippen LogP contribution in [0.15, 0.2) is 37.0 Å². The summed E-state index contributed by atoms with van der Waals surface area (Å²) in [6.45, 7) is 11.9. The van der Waals surface area contributed by atoms with E-state index in [4.69, 9.17) is 10.2 Å². The third kappa shape index (κ3) is 12.8. The van der Waals surface area contributed by atoms with Crippen LogP contribution in [0.25, 0.3) is 0 Å². The van der Waals surface area contributed by atoms with Gasteiger partial charge in [-0.15, -0.1) is 0 Å². The van der Waals surface area contributed by atoms with Gasteiger partial charge in [0.05, 0.1) is 6.42 Å². The van der Waals surface area contributed by atoms with Gasteiger partial charge >= 0.3 is 11.9 Å². The van der Waals surface area contributed by atoms with Crippen LogP contribution in [-0.4, -0.2) is 22.2 Å². The first kappa shape index (κ1) is 14.7. The molecule has 0 saturated carbocycles. The molecule has 2 N–H and O–H groups in total. The Morgan fingerprint density at radius 1 is 1.29 bits per heavy atom. The minimum absolute atomic E-state index is 0.303. The van der Waals surface area contributed by atoms with Gasteiger partial charge in [0.25, 0.3) is 0 Å². The summed E-state index contributed by atoms with van der Waals surface area (Å²) in [4.78, 5) is 19.7. The van der Waals surface area contributed by atoms with Crippen LogP contribution in [-0.2, 0) is 9.59 Å². The van der Waals surface area contributed by atoms with Gasteiger partial charge in [-0.2, -0.15) is 0 Å². The maximum atomic E-state index is 9.87. The Bertz CT molecular complexity index is 263. The summed E-state index contributed by atoms with van der Waals surface area (Å²) in [5.41, 5.74) is 0.715. The molecule has 0 aliphatic heterocycles. The molecule has 0 rings (SSSR count). The first-order chi connectivity index (χ1) is 6.31. The van der Waals surface area contributed by atoms with Crippen LogP contribution in [0.3, 0.4) is 0 Å². The number of rotatable bonds is 4. The van der Waals surface area contributed by atoms with Crippen LogP contribution in [0.1, 0.15) is 13.3 Å². The molecule has 4 nitrogen and oxygen atoms in total. The third-order valence-corrected chi connectivity index (χ3v) is 1.02. The minimum Gasteiger partial charge on any atom is -0.481 e. The highest BCUT2D eigenvalue weighted by Crippen LogP contribution is 1.95. The summed E-state index contributed by atoms with van der Waals surface area (Å²) >= 11 is 0. The molecule has 0 aliphatic carbocycles. The zero-order chi connectivity index (χ0) is 11.7. The highest BCUT2D eigenvalue weighted by molar-refractivity contribution is 5.91. The summed E-state index contributed by atoms with van der Waals surface area (Å²) in [6.07, 6.45) is 1.22. The number of hydrogen-bond acceptors (Lipinski definition) is 2. The molecule has 0 unspecified atom stereocenters. The molecule has 0 aromatic carbocycles. The van der Waals surface area contributed by atoms with Crippen molar-refractivity contribution < 1.29 is 19.8 Å². The molecule has 4 heteroatoms. The van der Waals surface area contributed by atoms with Crippen molar-refractivity contribution in [2.24, 2.45) is 0 Å². The lowest BCUT2D eigenvalue weighted by Gasteiger charge is -1.91. The van der Waals surface area contributed by atoms with E-state index in [0.29, 0.717) is 0 Å². The fraction of sp³-hybridized carbons (Fsp3) is 0.200. The molecule has 78 valence electrons. The Hall–Kier alpha value is -1.84. The third-order valence-electron chi connectivity index (χ3n) is 1.02. The molecular formula is C10H14O4. The average molecular weight is 198 g/mol. The summed E-state index contributed by atoms with van der Waals surface area (Å²) in [5.74, 6) is -2.44. The van der Waals surface area contributed by atoms with E-state index in [1.165, 1.54) is 0 Å². The van der Waals surface area contributed by atoms with E-state index in [9.17, 15) is 9.59 Å². The van der Waals surface area contributed by atoms with Gasteiger partial charge in [0.15, 0.2) is 0 Å². The standard InChI is InChI=1S/C5H6O4.C5H8/c1-3(5(8)9)2-4(6)7;1-4-5(2)3/h1-2H2,(H,6,7)(H,8,9);4H,1-2H2,3H3. The van der Waals surface area contributed by atoms with Gasteiger partial charge in [-0.1, -0.05) is 31.4 Å². The second-order valence-electron chi connectivity index (χ2n) is 2.53. The highest BCUT2D eigenvalue weighted by atomic mass is 16.4. The van der Waals surface area contributed by atoms with Crippen LogP contribution in [0, 0.1) is 0 Å². The maximum Gasteiger partial charge on any atom is 0.331 e. The van der Waals surface area contributed by atoms with E-state index in [-0.39, 0.29) is 5.57 Å². The molecule has 0 amide bonds. The predicted octanol–water partition coefficient (Wildman–Crippen LogP) is 1.85. The molecule has 0 heterocycles. The molecule has 0 aromatic rings. The number of carboxylic acids is 2. The molecule has 14 heavy (non-hydrogen) atoms. The Kier molecular flexibility index (Phi) is 8.16. The molecule has 0 radical (unpaired) electrons. The molecule has 0 aromatic heterocycles. The monoisotopic (exact) mass is 198 g/mol. The molecule has 0 bridgehead atoms. The van der Waals surface area contributed by atoms with Gasteiger partial charge in [0.2, 0.25) is 0 Å². The Morgan fingerprint density at radius 2 is 1.64 bits per heavy atom. The van der Waals surface area contributed by atoms with Crippen LogP contribution in [0.5, 0.6) is 0 Å². The van der Waals surface area contributed by atoms with E-state index in [1.54, 1.807) is 6.08 Å². The summed E-state index contributed by atoms with van der Waals surface area (Å²) < 4.78 is 0.